The lowest BCUT2D eigenvalue weighted by Gasteiger charge is -2.03. The van der Waals surface area contributed by atoms with Crippen LogP contribution in [0.1, 0.15) is 18.4 Å². The van der Waals surface area contributed by atoms with Crippen LogP contribution in [-0.2, 0) is 16.0 Å². The standard InChI is InChI=1S/C13H15NO4/c1-18-13(17)14-11(9-12(15)16)8-7-10-5-3-2-4-6-10/h2-6H,7-9H2,1H3,(H,15,16)/b14-11+. The number of aryl methyl sites for hydroxylation is 1. The van der Waals surface area contributed by atoms with Crippen LogP contribution in [0.25, 0.3) is 0 Å². The lowest BCUT2D eigenvalue weighted by molar-refractivity contribution is -0.135. The van der Waals surface area contributed by atoms with E-state index >= 15 is 0 Å². The molecule has 0 bridgehead atoms. The first-order valence-corrected chi connectivity index (χ1v) is 5.52. The molecule has 96 valence electrons. The first-order valence-electron chi connectivity index (χ1n) is 5.52. The molecule has 0 aromatic heterocycles. The van der Waals surface area contributed by atoms with Gasteiger partial charge < -0.3 is 9.84 Å². The van der Waals surface area contributed by atoms with E-state index in [0.717, 1.165) is 5.56 Å². The van der Waals surface area contributed by atoms with Gasteiger partial charge in [0.1, 0.15) is 0 Å². The fourth-order valence-corrected chi connectivity index (χ4v) is 1.47. The van der Waals surface area contributed by atoms with Gasteiger partial charge in [0.05, 0.1) is 13.5 Å². The van der Waals surface area contributed by atoms with Crippen molar-refractivity contribution in [2.24, 2.45) is 4.99 Å². The van der Waals surface area contributed by atoms with Crippen LogP contribution in [0, 0.1) is 0 Å². The molecule has 1 aromatic carbocycles. The maximum absolute atomic E-state index is 11.0. The molecule has 0 aliphatic carbocycles. The average Bonchev–Trinajstić information content (AvgIpc) is 2.36. The second-order valence-corrected chi connectivity index (χ2v) is 3.70. The van der Waals surface area contributed by atoms with Crippen LogP contribution in [0.2, 0.25) is 0 Å². The Labute approximate surface area is 105 Å². The molecule has 0 spiro atoms. The second-order valence-electron chi connectivity index (χ2n) is 3.70. The number of hydrogen-bond donors (Lipinski definition) is 1. The molecular weight excluding hydrogens is 234 g/mol. The van der Waals surface area contributed by atoms with Crippen LogP contribution >= 0.6 is 0 Å². The molecule has 0 atom stereocenters. The molecule has 0 radical (unpaired) electrons. The quantitative estimate of drug-likeness (QED) is 0.812. The van der Waals surface area contributed by atoms with Gasteiger partial charge in [-0.05, 0) is 18.4 Å². The Morgan fingerprint density at radius 2 is 1.94 bits per heavy atom. The molecule has 0 aliphatic heterocycles. The van der Waals surface area contributed by atoms with E-state index in [1.165, 1.54) is 7.11 Å². The molecule has 1 aromatic rings. The average molecular weight is 249 g/mol. The summed E-state index contributed by atoms with van der Waals surface area (Å²) in [5.74, 6) is -1.01. The topological polar surface area (TPSA) is 76.0 Å². The van der Waals surface area contributed by atoms with Gasteiger partial charge in [-0.3, -0.25) is 4.79 Å². The van der Waals surface area contributed by atoms with Gasteiger partial charge in [-0.15, -0.1) is 0 Å². The van der Waals surface area contributed by atoms with Crippen LogP contribution in [0.4, 0.5) is 4.79 Å². The van der Waals surface area contributed by atoms with E-state index in [1.54, 1.807) is 0 Å². The Morgan fingerprint density at radius 3 is 2.50 bits per heavy atom. The number of rotatable bonds is 5. The molecule has 5 heteroatoms. The Bertz CT molecular complexity index is 440. The van der Waals surface area contributed by atoms with E-state index in [9.17, 15) is 9.59 Å². The summed E-state index contributed by atoms with van der Waals surface area (Å²) in [4.78, 5) is 25.3. The molecule has 5 nitrogen and oxygen atoms in total. The molecule has 0 fully saturated rings. The zero-order valence-electron chi connectivity index (χ0n) is 10.1. The smallest absolute Gasteiger partial charge is 0.433 e. The van der Waals surface area contributed by atoms with Crippen LogP contribution in [0.3, 0.4) is 0 Å². The number of ether oxygens (including phenoxy) is 1. The summed E-state index contributed by atoms with van der Waals surface area (Å²) in [5, 5.41) is 8.73. The minimum absolute atomic E-state index is 0.248. The summed E-state index contributed by atoms with van der Waals surface area (Å²) in [7, 11) is 1.21. The molecule has 1 N–H and O–H groups in total. The lowest BCUT2D eigenvalue weighted by atomic mass is 10.1. The van der Waals surface area contributed by atoms with Crippen LogP contribution in [0.15, 0.2) is 35.3 Å². The molecule has 1 rings (SSSR count). The number of benzene rings is 1. The monoisotopic (exact) mass is 249 g/mol. The number of aliphatic carboxylic acids is 1. The lowest BCUT2D eigenvalue weighted by Crippen LogP contribution is -2.11. The molecule has 0 saturated heterocycles. The van der Waals surface area contributed by atoms with Crippen molar-refractivity contribution in [3.8, 4) is 0 Å². The van der Waals surface area contributed by atoms with Crippen molar-refractivity contribution in [1.29, 1.82) is 0 Å². The first kappa shape index (κ1) is 13.9. The summed E-state index contributed by atoms with van der Waals surface area (Å²) < 4.78 is 4.39. The fraction of sp³-hybridized carbons (Fsp3) is 0.308. The highest BCUT2D eigenvalue weighted by Crippen LogP contribution is 2.06. The summed E-state index contributed by atoms with van der Waals surface area (Å²) in [6.45, 7) is 0. The zero-order chi connectivity index (χ0) is 13.4. The minimum atomic E-state index is -1.01. The van der Waals surface area contributed by atoms with E-state index in [1.807, 2.05) is 30.3 Å². The third-order valence-corrected chi connectivity index (χ3v) is 2.32. The largest absolute Gasteiger partial charge is 0.481 e. The third kappa shape index (κ3) is 5.25. The zero-order valence-corrected chi connectivity index (χ0v) is 10.1. The van der Waals surface area contributed by atoms with Gasteiger partial charge in [0, 0.05) is 5.71 Å². The predicted octanol–water partition coefficient (Wildman–Crippen LogP) is 2.30. The normalized spacial score (nSPS) is 11.1. The van der Waals surface area contributed by atoms with Gasteiger partial charge >= 0.3 is 12.1 Å². The number of carbonyl (C=O) groups is 2. The number of carboxylic acids is 1. The number of amides is 1. The van der Waals surface area contributed by atoms with Crippen LogP contribution in [0.5, 0.6) is 0 Å². The minimum Gasteiger partial charge on any atom is -0.481 e. The number of aliphatic imine (C=N–C) groups is 1. The predicted molar refractivity (Wildman–Crippen MR) is 66.9 cm³/mol. The van der Waals surface area contributed by atoms with Gasteiger partial charge in [-0.25, -0.2) is 4.79 Å². The number of carbonyl (C=O) groups excluding carboxylic acids is 1. The van der Waals surface area contributed by atoms with Crippen molar-refractivity contribution >= 4 is 17.8 Å². The highest BCUT2D eigenvalue weighted by Gasteiger charge is 2.09. The van der Waals surface area contributed by atoms with Crippen molar-refractivity contribution in [2.45, 2.75) is 19.3 Å². The molecule has 1 amide bonds. The molecule has 0 aliphatic rings. The van der Waals surface area contributed by atoms with Crippen molar-refractivity contribution in [3.05, 3.63) is 35.9 Å². The number of nitrogens with zero attached hydrogens (tertiary/aromatic N) is 1. The van der Waals surface area contributed by atoms with E-state index < -0.39 is 12.1 Å². The Balaban J connectivity index is 2.64. The summed E-state index contributed by atoms with van der Waals surface area (Å²) >= 11 is 0. The van der Waals surface area contributed by atoms with Gasteiger partial charge in [0.25, 0.3) is 0 Å². The van der Waals surface area contributed by atoms with Gasteiger partial charge in [-0.2, -0.15) is 4.99 Å². The fourth-order valence-electron chi connectivity index (χ4n) is 1.47. The summed E-state index contributed by atoms with van der Waals surface area (Å²) in [5.41, 5.74) is 1.39. The summed E-state index contributed by atoms with van der Waals surface area (Å²) in [6.07, 6.45) is 0.0522. The van der Waals surface area contributed by atoms with Crippen molar-refractivity contribution in [1.82, 2.24) is 0 Å². The van der Waals surface area contributed by atoms with Crippen molar-refractivity contribution in [2.75, 3.05) is 7.11 Å². The third-order valence-electron chi connectivity index (χ3n) is 2.32. The molecule has 18 heavy (non-hydrogen) atoms. The van der Waals surface area contributed by atoms with E-state index in [0.29, 0.717) is 18.6 Å². The molecule has 0 unspecified atom stereocenters. The maximum atomic E-state index is 11.0. The van der Waals surface area contributed by atoms with Gasteiger partial charge in [0.15, 0.2) is 0 Å². The Hall–Kier alpha value is -2.17. The summed E-state index contributed by atoms with van der Waals surface area (Å²) in [6, 6.07) is 9.60. The highest BCUT2D eigenvalue weighted by atomic mass is 16.5. The van der Waals surface area contributed by atoms with E-state index in [4.69, 9.17) is 5.11 Å². The van der Waals surface area contributed by atoms with Crippen LogP contribution in [-0.4, -0.2) is 30.0 Å². The van der Waals surface area contributed by atoms with Crippen molar-refractivity contribution in [3.63, 3.8) is 0 Å². The molecule has 0 heterocycles. The van der Waals surface area contributed by atoms with Gasteiger partial charge in [-0.1, -0.05) is 30.3 Å². The Morgan fingerprint density at radius 1 is 1.28 bits per heavy atom. The Kier molecular flexibility index (Phi) is 5.57. The van der Waals surface area contributed by atoms with Gasteiger partial charge in [0.2, 0.25) is 0 Å². The highest BCUT2D eigenvalue weighted by molar-refractivity contribution is 6.02. The second kappa shape index (κ2) is 7.21. The SMILES string of the molecule is COC(=O)/N=C(\CCc1ccccc1)CC(=O)O. The number of hydrogen-bond acceptors (Lipinski definition) is 3. The maximum Gasteiger partial charge on any atom is 0.433 e. The van der Waals surface area contributed by atoms with E-state index in [2.05, 4.69) is 9.73 Å². The van der Waals surface area contributed by atoms with Crippen LogP contribution < -0.4 is 0 Å². The molecular formula is C13H15NO4. The molecule has 0 saturated carbocycles. The van der Waals surface area contributed by atoms with Crippen molar-refractivity contribution < 1.29 is 19.4 Å². The first-order chi connectivity index (χ1) is 8.61. The van der Waals surface area contributed by atoms with E-state index in [-0.39, 0.29) is 6.42 Å². The number of methoxy groups -OCH3 is 1. The number of carboxylic acid groups (broad SMARTS) is 1.